The number of rotatable bonds is 5. The van der Waals surface area contributed by atoms with Crippen LogP contribution in [0.25, 0.3) is 0 Å². The van der Waals surface area contributed by atoms with Crippen LogP contribution in [0.5, 0.6) is 0 Å². The summed E-state index contributed by atoms with van der Waals surface area (Å²) in [7, 11) is 0. The van der Waals surface area contributed by atoms with E-state index in [4.69, 9.17) is 5.11 Å². The molecule has 0 fully saturated rings. The summed E-state index contributed by atoms with van der Waals surface area (Å²) in [5, 5.41) is 38.9. The van der Waals surface area contributed by atoms with Gasteiger partial charge in [0, 0.05) is 24.8 Å². The summed E-state index contributed by atoms with van der Waals surface area (Å²) in [4.78, 5) is 30.0. The Labute approximate surface area is 110 Å². The first-order chi connectivity index (χ1) is 5.78. The number of aliphatic hydroxyl groups is 1. The van der Waals surface area contributed by atoms with Crippen LogP contribution in [-0.2, 0) is 14.4 Å². The van der Waals surface area contributed by atoms with Gasteiger partial charge in [-0.25, -0.2) is 0 Å². The van der Waals surface area contributed by atoms with Gasteiger partial charge >= 0.3 is 26.2 Å². The van der Waals surface area contributed by atoms with Crippen LogP contribution >= 0.6 is 12.4 Å². The molecule has 0 atom stereocenters. The van der Waals surface area contributed by atoms with Crippen LogP contribution < -0.4 is 15.3 Å². The van der Waals surface area contributed by atoms with E-state index in [1.807, 2.05) is 0 Å². The molecule has 0 spiro atoms. The second-order valence-corrected chi connectivity index (χ2v) is 2.42. The zero-order valence-electron chi connectivity index (χ0n) is 7.17. The first-order valence-electron chi connectivity index (χ1n) is 3.11. The third-order valence-corrected chi connectivity index (χ3v) is 1.25. The van der Waals surface area contributed by atoms with Gasteiger partial charge in [-0.3, -0.25) is 0 Å². The molecule has 0 heterocycles. The summed E-state index contributed by atoms with van der Waals surface area (Å²) in [6.45, 7) is 0. The fourth-order valence-electron chi connectivity index (χ4n) is 0.684. The van der Waals surface area contributed by atoms with Crippen molar-refractivity contribution in [3.8, 4) is 0 Å². The summed E-state index contributed by atoms with van der Waals surface area (Å²) < 4.78 is 0. The summed E-state index contributed by atoms with van der Waals surface area (Å²) in [5.41, 5.74) is -2.97. The van der Waals surface area contributed by atoms with Gasteiger partial charge < -0.3 is 34.8 Å². The minimum atomic E-state index is -2.97. The number of aliphatic carboxylic acids is 3. The van der Waals surface area contributed by atoms with Crippen LogP contribution in [0, 0.1) is 0 Å². The van der Waals surface area contributed by atoms with Crippen molar-refractivity contribution < 1.29 is 34.8 Å². The normalized spacial score (nSPS) is 9.40. The Morgan fingerprint density at radius 3 is 1.40 bits per heavy atom. The summed E-state index contributed by atoms with van der Waals surface area (Å²) in [6.07, 6.45) is -2.72. The Hall–Kier alpha value is -0.457. The van der Waals surface area contributed by atoms with E-state index in [0.717, 1.165) is 0 Å². The molecule has 0 unspecified atom stereocenters. The van der Waals surface area contributed by atoms with Gasteiger partial charge in [0.1, 0.15) is 5.60 Å². The van der Waals surface area contributed by atoms with Gasteiger partial charge in [-0.15, -0.1) is 12.4 Å². The Morgan fingerprint density at radius 2 is 1.27 bits per heavy atom. The maximum Gasteiger partial charge on any atom is 3.00 e. The molecule has 15 heavy (non-hydrogen) atoms. The zero-order valence-corrected chi connectivity index (χ0v) is 11.5. The topological polar surface area (TPSA) is 141 Å². The fraction of sp³-hybridized carbons (Fsp3) is 0.500. The monoisotopic (exact) mass is 434 g/mol. The number of carboxylic acids is 3. The molecule has 0 aromatic rings. The van der Waals surface area contributed by atoms with Crippen molar-refractivity contribution in [1.82, 2.24) is 0 Å². The molecule has 0 aromatic heterocycles. The van der Waals surface area contributed by atoms with Gasteiger partial charge in [0.15, 0.2) is 0 Å². The quantitative estimate of drug-likeness (QED) is 0.426. The second-order valence-electron chi connectivity index (χ2n) is 2.42. The van der Waals surface area contributed by atoms with Crippen molar-refractivity contribution in [2.75, 3.05) is 0 Å². The van der Waals surface area contributed by atoms with Crippen molar-refractivity contribution in [3.63, 3.8) is 0 Å². The summed E-state index contributed by atoms with van der Waals surface area (Å²) >= 11 is 0. The Morgan fingerprint density at radius 1 is 1.00 bits per heavy atom. The van der Waals surface area contributed by atoms with Crippen molar-refractivity contribution in [2.24, 2.45) is 0 Å². The first kappa shape index (κ1) is 20.0. The van der Waals surface area contributed by atoms with Gasteiger partial charge in [0.05, 0.1) is 5.97 Å². The Balaban J connectivity index is -0.000000720. The van der Waals surface area contributed by atoms with Gasteiger partial charge in [-0.1, -0.05) is 0 Å². The fourth-order valence-corrected chi connectivity index (χ4v) is 0.684. The standard InChI is InChI=1S/C6H8O7.Bi.ClH/c7-3(8)1-6(13,5(11)12)2-4(9)10;;/h13H,1-2H2,(H,7,8)(H,9,10)(H,11,12);;1H/q;+3;/p-3. The number of carbonyl (C=O) groups is 3. The van der Waals surface area contributed by atoms with E-state index in [0.29, 0.717) is 0 Å². The molecule has 0 aromatic carbocycles. The summed E-state index contributed by atoms with van der Waals surface area (Å²) in [6, 6.07) is 0. The van der Waals surface area contributed by atoms with Gasteiger partial charge in [-0.05, 0) is 0 Å². The largest absolute Gasteiger partial charge is 3.00 e. The van der Waals surface area contributed by atoms with E-state index in [2.05, 4.69) is 0 Å². The molecule has 84 valence electrons. The number of halogens is 1. The molecule has 9 heteroatoms. The van der Waals surface area contributed by atoms with E-state index in [1.165, 1.54) is 0 Å². The number of hydrogen-bond donors (Lipinski definition) is 1. The minimum absolute atomic E-state index is 0. The minimum Gasteiger partial charge on any atom is -0.550 e. The first-order valence-corrected chi connectivity index (χ1v) is 3.11. The van der Waals surface area contributed by atoms with Crippen LogP contribution in [-0.4, -0.2) is 54.8 Å². The Kier molecular flexibility index (Phi) is 10.4. The van der Waals surface area contributed by atoms with E-state index in [-0.39, 0.29) is 38.6 Å². The maximum atomic E-state index is 10.1. The van der Waals surface area contributed by atoms with Crippen molar-refractivity contribution in [1.29, 1.82) is 0 Å². The summed E-state index contributed by atoms with van der Waals surface area (Å²) in [5.74, 6) is -5.98. The van der Waals surface area contributed by atoms with E-state index >= 15 is 0 Å². The molecule has 0 rings (SSSR count). The average Bonchev–Trinajstić information content (AvgIpc) is 1.82. The second kappa shape index (κ2) is 7.79. The molecule has 0 saturated heterocycles. The smallest absolute Gasteiger partial charge is 0.550 e. The van der Waals surface area contributed by atoms with Gasteiger partial charge in [-0.2, -0.15) is 0 Å². The van der Waals surface area contributed by atoms with E-state index < -0.39 is 36.4 Å². The van der Waals surface area contributed by atoms with Crippen LogP contribution in [0.1, 0.15) is 12.8 Å². The maximum absolute atomic E-state index is 10.1. The predicted molar refractivity (Wildman–Crippen MR) is 42.2 cm³/mol. The predicted octanol–water partition coefficient (Wildman–Crippen LogP) is -5.21. The SMILES string of the molecule is Cl.O=C([O-])CC(O)(CC(=O)[O-])C(=O)[O-].[Bi+3]. The zero-order chi connectivity index (χ0) is 10.6. The van der Waals surface area contributed by atoms with Crippen molar-refractivity contribution in [2.45, 2.75) is 18.4 Å². The van der Waals surface area contributed by atoms with Crippen LogP contribution in [0.15, 0.2) is 0 Å². The van der Waals surface area contributed by atoms with E-state index in [9.17, 15) is 29.7 Å². The van der Waals surface area contributed by atoms with Gasteiger partial charge in [0.2, 0.25) is 0 Å². The number of carbonyl (C=O) groups excluding carboxylic acids is 3. The third-order valence-electron chi connectivity index (χ3n) is 1.25. The Bertz CT molecular complexity index is 238. The molecule has 7 nitrogen and oxygen atoms in total. The van der Waals surface area contributed by atoms with E-state index in [1.54, 1.807) is 0 Å². The molecular weight excluding hydrogens is 428 g/mol. The molecular formula is C6H6BiClO7. The molecule has 2 radical (unpaired) electrons. The molecule has 0 amide bonds. The van der Waals surface area contributed by atoms with Gasteiger partial charge in [0.25, 0.3) is 0 Å². The molecule has 0 aliphatic rings. The molecule has 0 aliphatic heterocycles. The van der Waals surface area contributed by atoms with Crippen molar-refractivity contribution in [3.05, 3.63) is 0 Å². The molecule has 0 saturated carbocycles. The molecule has 0 bridgehead atoms. The number of carboxylic acid groups (broad SMARTS) is 3. The molecule has 1 N–H and O–H groups in total. The third kappa shape index (κ3) is 7.47. The molecule has 0 aliphatic carbocycles. The average molecular weight is 435 g/mol. The van der Waals surface area contributed by atoms with Crippen LogP contribution in [0.4, 0.5) is 0 Å². The van der Waals surface area contributed by atoms with Crippen LogP contribution in [0.3, 0.4) is 0 Å². The number of hydrogen-bond acceptors (Lipinski definition) is 7. The van der Waals surface area contributed by atoms with Crippen molar-refractivity contribution >= 4 is 56.5 Å². The van der Waals surface area contributed by atoms with Crippen LogP contribution in [0.2, 0.25) is 0 Å².